The molecule has 3 unspecified atom stereocenters. The van der Waals surface area contributed by atoms with Crippen LogP contribution < -0.4 is 5.73 Å². The summed E-state index contributed by atoms with van der Waals surface area (Å²) in [5.41, 5.74) is 8.23. The van der Waals surface area contributed by atoms with Crippen LogP contribution in [0.2, 0.25) is 0 Å². The van der Waals surface area contributed by atoms with Gasteiger partial charge in [0.2, 0.25) is 11.8 Å². The van der Waals surface area contributed by atoms with Gasteiger partial charge in [-0.1, -0.05) is 45.0 Å². The molecule has 0 bridgehead atoms. The van der Waals surface area contributed by atoms with Crippen molar-refractivity contribution in [2.75, 3.05) is 19.6 Å². The van der Waals surface area contributed by atoms with Crippen LogP contribution in [-0.2, 0) is 22.6 Å². The number of rotatable bonds is 4. The molecule has 2 heterocycles. The molecular formula is C21H31N3O2. The standard InChI is InChI=1S/C21H31N3O2/c1-4-15(2)19(25)24-12-17-8-6-5-7-16(17)11-18(24)20(26)23-10-9-21(3,13-22)14-23/h5-8,15,18H,4,9-14,22H2,1-3H3. The molecule has 1 aromatic carbocycles. The van der Waals surface area contributed by atoms with Gasteiger partial charge in [-0.2, -0.15) is 0 Å². The molecule has 2 amide bonds. The van der Waals surface area contributed by atoms with Gasteiger partial charge in [-0.3, -0.25) is 9.59 Å². The van der Waals surface area contributed by atoms with E-state index in [2.05, 4.69) is 19.1 Å². The second kappa shape index (κ2) is 7.39. The predicted molar refractivity (Wildman–Crippen MR) is 102 cm³/mol. The zero-order valence-electron chi connectivity index (χ0n) is 16.2. The average Bonchev–Trinajstić information content (AvgIpc) is 3.08. The van der Waals surface area contributed by atoms with Gasteiger partial charge in [0.25, 0.3) is 0 Å². The van der Waals surface area contributed by atoms with E-state index in [4.69, 9.17) is 5.73 Å². The molecule has 142 valence electrons. The number of carbonyl (C=O) groups is 2. The van der Waals surface area contributed by atoms with E-state index in [1.807, 2.05) is 35.8 Å². The van der Waals surface area contributed by atoms with E-state index < -0.39 is 6.04 Å². The minimum Gasteiger partial charge on any atom is -0.340 e. The lowest BCUT2D eigenvalue weighted by atomic mass is 9.90. The van der Waals surface area contributed by atoms with Crippen molar-refractivity contribution in [1.82, 2.24) is 9.80 Å². The van der Waals surface area contributed by atoms with E-state index in [1.54, 1.807) is 0 Å². The summed E-state index contributed by atoms with van der Waals surface area (Å²) in [7, 11) is 0. The molecule has 1 fully saturated rings. The van der Waals surface area contributed by atoms with Gasteiger partial charge in [0, 0.05) is 32.0 Å². The Labute approximate surface area is 156 Å². The third-order valence-electron chi connectivity index (χ3n) is 6.21. The Kier molecular flexibility index (Phi) is 5.37. The van der Waals surface area contributed by atoms with E-state index in [1.165, 1.54) is 5.56 Å². The molecule has 2 aliphatic heterocycles. The number of hydrogen-bond acceptors (Lipinski definition) is 3. The number of benzene rings is 1. The molecule has 0 saturated carbocycles. The molecule has 2 aliphatic rings. The van der Waals surface area contributed by atoms with Gasteiger partial charge in [0.05, 0.1) is 0 Å². The minimum atomic E-state index is -0.397. The lowest BCUT2D eigenvalue weighted by molar-refractivity contribution is -0.149. The lowest BCUT2D eigenvalue weighted by Crippen LogP contribution is -2.54. The Morgan fingerprint density at radius 2 is 2.00 bits per heavy atom. The van der Waals surface area contributed by atoms with Gasteiger partial charge in [-0.25, -0.2) is 0 Å². The Bertz CT molecular complexity index is 690. The highest BCUT2D eigenvalue weighted by atomic mass is 16.2. The molecular weight excluding hydrogens is 326 g/mol. The van der Waals surface area contributed by atoms with Crippen molar-refractivity contribution in [1.29, 1.82) is 0 Å². The first kappa shape index (κ1) is 18.9. The first-order valence-corrected chi connectivity index (χ1v) is 9.74. The minimum absolute atomic E-state index is 0.00617. The van der Waals surface area contributed by atoms with Crippen molar-refractivity contribution < 1.29 is 9.59 Å². The van der Waals surface area contributed by atoms with Crippen LogP contribution in [0.25, 0.3) is 0 Å². The van der Waals surface area contributed by atoms with Gasteiger partial charge < -0.3 is 15.5 Å². The van der Waals surface area contributed by atoms with Crippen LogP contribution in [0.4, 0.5) is 0 Å². The topological polar surface area (TPSA) is 66.6 Å². The van der Waals surface area contributed by atoms with Crippen LogP contribution in [0.1, 0.15) is 44.7 Å². The zero-order chi connectivity index (χ0) is 18.9. The van der Waals surface area contributed by atoms with Crippen molar-refractivity contribution in [3.63, 3.8) is 0 Å². The Balaban J connectivity index is 1.86. The summed E-state index contributed by atoms with van der Waals surface area (Å²) in [6.07, 6.45) is 2.32. The molecule has 3 atom stereocenters. The molecule has 0 spiro atoms. The monoisotopic (exact) mass is 357 g/mol. The molecule has 0 radical (unpaired) electrons. The maximum absolute atomic E-state index is 13.3. The maximum Gasteiger partial charge on any atom is 0.245 e. The normalized spacial score (nSPS) is 26.5. The van der Waals surface area contributed by atoms with Crippen molar-refractivity contribution in [2.45, 2.75) is 52.6 Å². The summed E-state index contributed by atoms with van der Waals surface area (Å²) in [5, 5.41) is 0. The van der Waals surface area contributed by atoms with E-state index in [0.29, 0.717) is 26.1 Å². The first-order chi connectivity index (χ1) is 12.4. The molecule has 0 aromatic heterocycles. The summed E-state index contributed by atoms with van der Waals surface area (Å²) < 4.78 is 0. The third-order valence-corrected chi connectivity index (χ3v) is 6.21. The van der Waals surface area contributed by atoms with Gasteiger partial charge in [0.15, 0.2) is 0 Å². The van der Waals surface area contributed by atoms with Crippen LogP contribution in [0, 0.1) is 11.3 Å². The Hall–Kier alpha value is -1.88. The zero-order valence-corrected chi connectivity index (χ0v) is 16.2. The second-order valence-electron chi connectivity index (χ2n) is 8.29. The quantitative estimate of drug-likeness (QED) is 0.898. The van der Waals surface area contributed by atoms with Gasteiger partial charge in [0.1, 0.15) is 6.04 Å². The average molecular weight is 357 g/mol. The summed E-state index contributed by atoms with van der Waals surface area (Å²) >= 11 is 0. The van der Waals surface area contributed by atoms with Crippen LogP contribution in [0.3, 0.4) is 0 Å². The molecule has 5 nitrogen and oxygen atoms in total. The number of hydrogen-bond donors (Lipinski definition) is 1. The molecule has 2 N–H and O–H groups in total. The van der Waals surface area contributed by atoms with E-state index in [9.17, 15) is 9.59 Å². The largest absolute Gasteiger partial charge is 0.340 e. The fourth-order valence-corrected chi connectivity index (χ4v) is 4.02. The SMILES string of the molecule is CCC(C)C(=O)N1Cc2ccccc2CC1C(=O)N1CCC(C)(CN)C1. The van der Waals surface area contributed by atoms with Crippen LogP contribution >= 0.6 is 0 Å². The van der Waals surface area contributed by atoms with Crippen molar-refractivity contribution in [3.8, 4) is 0 Å². The summed E-state index contributed by atoms with van der Waals surface area (Å²) in [4.78, 5) is 30.1. The van der Waals surface area contributed by atoms with E-state index in [0.717, 1.165) is 24.9 Å². The van der Waals surface area contributed by atoms with Crippen molar-refractivity contribution in [2.24, 2.45) is 17.1 Å². The third kappa shape index (κ3) is 3.50. The summed E-state index contributed by atoms with van der Waals surface area (Å²) in [6.45, 7) is 8.63. The number of nitrogens with zero attached hydrogens (tertiary/aromatic N) is 2. The smallest absolute Gasteiger partial charge is 0.245 e. The first-order valence-electron chi connectivity index (χ1n) is 9.74. The highest BCUT2D eigenvalue weighted by molar-refractivity contribution is 5.89. The number of fused-ring (bicyclic) bond motifs is 1. The van der Waals surface area contributed by atoms with Gasteiger partial charge >= 0.3 is 0 Å². The van der Waals surface area contributed by atoms with Crippen LogP contribution in [-0.4, -0.2) is 47.3 Å². The fraction of sp³-hybridized carbons (Fsp3) is 0.619. The lowest BCUT2D eigenvalue weighted by Gasteiger charge is -2.39. The molecule has 1 saturated heterocycles. The summed E-state index contributed by atoms with van der Waals surface area (Å²) in [6, 6.07) is 7.75. The highest BCUT2D eigenvalue weighted by Gasteiger charge is 2.42. The van der Waals surface area contributed by atoms with E-state index >= 15 is 0 Å². The van der Waals surface area contributed by atoms with Crippen LogP contribution in [0.15, 0.2) is 24.3 Å². The molecule has 26 heavy (non-hydrogen) atoms. The van der Waals surface area contributed by atoms with Crippen LogP contribution in [0.5, 0.6) is 0 Å². The Morgan fingerprint density at radius 1 is 1.31 bits per heavy atom. The maximum atomic E-state index is 13.3. The Morgan fingerprint density at radius 3 is 2.62 bits per heavy atom. The number of nitrogens with two attached hydrogens (primary N) is 1. The number of amides is 2. The summed E-state index contributed by atoms with van der Waals surface area (Å²) in [5.74, 6) is 0.0953. The fourth-order valence-electron chi connectivity index (χ4n) is 4.02. The van der Waals surface area contributed by atoms with Gasteiger partial charge in [-0.05, 0) is 35.9 Å². The number of likely N-dealkylation sites (tertiary alicyclic amines) is 1. The van der Waals surface area contributed by atoms with Crippen molar-refractivity contribution >= 4 is 11.8 Å². The van der Waals surface area contributed by atoms with Crippen molar-refractivity contribution in [3.05, 3.63) is 35.4 Å². The molecule has 0 aliphatic carbocycles. The molecule has 5 heteroatoms. The second-order valence-corrected chi connectivity index (χ2v) is 8.29. The number of carbonyl (C=O) groups excluding carboxylic acids is 2. The molecule has 1 aromatic rings. The van der Waals surface area contributed by atoms with Gasteiger partial charge in [-0.15, -0.1) is 0 Å². The molecule has 3 rings (SSSR count). The highest BCUT2D eigenvalue weighted by Crippen LogP contribution is 2.32. The predicted octanol–water partition coefficient (Wildman–Crippen LogP) is 2.18. The van der Waals surface area contributed by atoms with E-state index in [-0.39, 0.29) is 23.1 Å².